The van der Waals surface area contributed by atoms with Crippen molar-refractivity contribution in [2.45, 2.75) is 51.4 Å². The maximum atomic E-state index is 15.7. The molecule has 0 saturated carbocycles. The Kier molecular flexibility index (Phi) is 8.25. The highest BCUT2D eigenvalue weighted by molar-refractivity contribution is 7.91. The first-order valence-corrected chi connectivity index (χ1v) is 14.7. The van der Waals surface area contributed by atoms with E-state index in [4.69, 9.17) is 4.74 Å². The highest BCUT2D eigenvalue weighted by Crippen LogP contribution is 2.40. The SMILES string of the molecule is COc1ccc(CN(C)S(=O)(=O)C[C@](C)(N[S+]([O-])C(C)(C)C)c2sc3c(C)cccc3c2F)cc1. The highest BCUT2D eigenvalue weighted by Gasteiger charge is 2.44. The average molecular weight is 541 g/mol. The summed E-state index contributed by atoms with van der Waals surface area (Å²) in [6.45, 7) is 8.99. The van der Waals surface area contributed by atoms with Crippen LogP contribution in [0.5, 0.6) is 5.75 Å². The predicted molar refractivity (Wildman–Crippen MR) is 143 cm³/mol. The number of nitrogens with one attached hydrogen (secondary N) is 1. The molecule has 192 valence electrons. The van der Waals surface area contributed by atoms with E-state index in [2.05, 4.69) is 4.72 Å². The quantitative estimate of drug-likeness (QED) is 0.383. The standard InChI is InChI=1S/C25H33FN2O4S3/c1-17-9-8-10-20-21(26)23(33-22(17)20)25(5,27-34(29)24(2,3)4)16-35(30,31)28(6)15-18-11-13-19(32-7)14-12-18/h8-14,27H,15-16H2,1-7H3/t25-,34?/m0/s1. The fourth-order valence-corrected chi connectivity index (χ4v) is 7.54. The van der Waals surface area contributed by atoms with E-state index in [1.807, 2.05) is 13.0 Å². The molecule has 0 aliphatic heterocycles. The Morgan fingerprint density at radius 3 is 2.31 bits per heavy atom. The van der Waals surface area contributed by atoms with Crippen molar-refractivity contribution in [3.8, 4) is 5.75 Å². The second-order valence-corrected chi connectivity index (χ2v) is 14.9. The smallest absolute Gasteiger partial charge is 0.216 e. The van der Waals surface area contributed by atoms with Gasteiger partial charge in [0.1, 0.15) is 21.9 Å². The summed E-state index contributed by atoms with van der Waals surface area (Å²) in [5.41, 5.74) is 0.260. The Hall–Kier alpha value is -1.69. The normalized spacial score (nSPS) is 15.4. The molecule has 0 bridgehead atoms. The number of halogens is 1. The van der Waals surface area contributed by atoms with E-state index in [0.717, 1.165) is 15.8 Å². The van der Waals surface area contributed by atoms with Gasteiger partial charge in [-0.2, -0.15) is 0 Å². The summed E-state index contributed by atoms with van der Waals surface area (Å²) >= 11 is -0.437. The predicted octanol–water partition coefficient (Wildman–Crippen LogP) is 5.09. The van der Waals surface area contributed by atoms with Gasteiger partial charge < -0.3 is 9.29 Å². The second kappa shape index (κ2) is 10.4. The molecular weight excluding hydrogens is 507 g/mol. The minimum Gasteiger partial charge on any atom is -0.598 e. The third kappa shape index (κ3) is 6.18. The van der Waals surface area contributed by atoms with Crippen molar-refractivity contribution >= 4 is 42.8 Å². The first-order chi connectivity index (χ1) is 16.2. The number of fused-ring (bicyclic) bond motifs is 1. The van der Waals surface area contributed by atoms with Crippen LogP contribution < -0.4 is 9.46 Å². The van der Waals surface area contributed by atoms with Crippen molar-refractivity contribution in [3.63, 3.8) is 0 Å². The van der Waals surface area contributed by atoms with E-state index in [1.165, 1.54) is 22.7 Å². The van der Waals surface area contributed by atoms with Gasteiger partial charge in [0, 0.05) is 35.0 Å². The van der Waals surface area contributed by atoms with Gasteiger partial charge >= 0.3 is 0 Å². The number of benzene rings is 2. The van der Waals surface area contributed by atoms with Crippen LogP contribution in [-0.2, 0) is 33.5 Å². The van der Waals surface area contributed by atoms with E-state index in [1.54, 1.807) is 71.2 Å². The zero-order chi connectivity index (χ0) is 26.2. The number of rotatable bonds is 9. The molecule has 0 spiro atoms. The highest BCUT2D eigenvalue weighted by atomic mass is 32.2. The van der Waals surface area contributed by atoms with Crippen molar-refractivity contribution < 1.29 is 22.1 Å². The molecule has 3 aromatic rings. The number of methoxy groups -OCH3 is 1. The lowest BCUT2D eigenvalue weighted by molar-refractivity contribution is 0.412. The van der Waals surface area contributed by atoms with Crippen LogP contribution in [-0.4, -0.2) is 41.9 Å². The monoisotopic (exact) mass is 540 g/mol. The first-order valence-electron chi connectivity index (χ1n) is 11.1. The van der Waals surface area contributed by atoms with E-state index >= 15 is 4.39 Å². The first kappa shape index (κ1) is 27.9. The molecular formula is C25H33FN2O4S3. The maximum Gasteiger partial charge on any atom is 0.216 e. The molecule has 6 nitrogen and oxygen atoms in total. The van der Waals surface area contributed by atoms with Crippen molar-refractivity contribution in [2.24, 2.45) is 0 Å². The summed E-state index contributed by atoms with van der Waals surface area (Å²) < 4.78 is 65.3. The Morgan fingerprint density at radius 2 is 1.77 bits per heavy atom. The van der Waals surface area contributed by atoms with Crippen LogP contribution in [0.1, 0.15) is 43.7 Å². The molecule has 1 N–H and O–H groups in total. The minimum absolute atomic E-state index is 0.138. The molecule has 0 amide bonds. The van der Waals surface area contributed by atoms with Crippen LogP contribution in [0.25, 0.3) is 10.1 Å². The lowest BCUT2D eigenvalue weighted by atomic mass is 10.0. The van der Waals surface area contributed by atoms with Gasteiger partial charge in [-0.3, -0.25) is 0 Å². The molecule has 1 heterocycles. The summed E-state index contributed by atoms with van der Waals surface area (Å²) in [7, 11) is -0.833. The molecule has 0 radical (unpaired) electrons. The second-order valence-electron chi connectivity index (χ2n) is 9.87. The largest absolute Gasteiger partial charge is 0.598 e. The molecule has 10 heteroatoms. The molecule has 0 aliphatic rings. The molecule has 0 saturated heterocycles. The maximum absolute atomic E-state index is 15.7. The van der Waals surface area contributed by atoms with Gasteiger partial charge in [-0.15, -0.1) is 16.1 Å². The summed E-state index contributed by atoms with van der Waals surface area (Å²) in [6, 6.07) is 12.5. The summed E-state index contributed by atoms with van der Waals surface area (Å²) in [5.74, 6) is -0.268. The molecule has 35 heavy (non-hydrogen) atoms. The lowest BCUT2D eigenvalue weighted by Crippen LogP contribution is -2.54. The zero-order valence-corrected chi connectivity index (χ0v) is 23.6. The average Bonchev–Trinajstić information content (AvgIpc) is 3.12. The molecule has 2 aromatic carbocycles. The third-order valence-electron chi connectivity index (χ3n) is 5.74. The fraction of sp³-hybridized carbons (Fsp3) is 0.440. The molecule has 0 aliphatic carbocycles. The summed E-state index contributed by atoms with van der Waals surface area (Å²) in [6.07, 6.45) is 0. The zero-order valence-electron chi connectivity index (χ0n) is 21.1. The van der Waals surface area contributed by atoms with E-state index in [-0.39, 0.29) is 11.4 Å². The molecule has 3 rings (SSSR count). The van der Waals surface area contributed by atoms with Gasteiger partial charge in [-0.1, -0.05) is 30.3 Å². The molecule has 1 aromatic heterocycles. The molecule has 0 fully saturated rings. The Bertz CT molecular complexity index is 1290. The Morgan fingerprint density at radius 1 is 1.14 bits per heavy atom. The summed E-state index contributed by atoms with van der Waals surface area (Å²) in [4.78, 5) is 0.223. The Labute approximate surface area is 214 Å². The van der Waals surface area contributed by atoms with Crippen molar-refractivity contribution in [2.75, 3.05) is 19.9 Å². The van der Waals surface area contributed by atoms with Crippen molar-refractivity contribution in [1.82, 2.24) is 9.03 Å². The number of hydrogen-bond donors (Lipinski definition) is 1. The summed E-state index contributed by atoms with van der Waals surface area (Å²) in [5, 5.41) is 0.434. The van der Waals surface area contributed by atoms with Gasteiger partial charge in [0.05, 0.1) is 17.7 Å². The van der Waals surface area contributed by atoms with Crippen LogP contribution in [0.4, 0.5) is 4.39 Å². The van der Waals surface area contributed by atoms with Gasteiger partial charge in [0.2, 0.25) is 10.0 Å². The molecule has 2 atom stereocenters. The molecule has 1 unspecified atom stereocenters. The fourth-order valence-electron chi connectivity index (χ4n) is 3.65. The number of sulfonamides is 1. The van der Waals surface area contributed by atoms with Crippen molar-refractivity contribution in [1.29, 1.82) is 0 Å². The number of aryl methyl sites for hydroxylation is 1. The minimum atomic E-state index is -3.89. The van der Waals surface area contributed by atoms with Crippen LogP contribution in [0.15, 0.2) is 42.5 Å². The lowest BCUT2D eigenvalue weighted by Gasteiger charge is -2.35. The van der Waals surface area contributed by atoms with Gasteiger partial charge in [0.25, 0.3) is 0 Å². The van der Waals surface area contributed by atoms with E-state index in [0.29, 0.717) is 11.1 Å². The van der Waals surface area contributed by atoms with E-state index < -0.39 is 43.2 Å². The van der Waals surface area contributed by atoms with Crippen molar-refractivity contribution in [3.05, 3.63) is 64.3 Å². The van der Waals surface area contributed by atoms with E-state index in [9.17, 15) is 13.0 Å². The van der Waals surface area contributed by atoms with Gasteiger partial charge in [-0.25, -0.2) is 17.1 Å². The third-order valence-corrected chi connectivity index (χ3v) is 11.1. The van der Waals surface area contributed by atoms with Gasteiger partial charge in [-0.05, 0) is 57.9 Å². The number of thiophene rings is 1. The number of ether oxygens (including phenoxy) is 1. The Balaban J connectivity index is 2.00. The number of hydrogen-bond acceptors (Lipinski definition) is 6. The van der Waals surface area contributed by atoms with Crippen LogP contribution in [0.2, 0.25) is 0 Å². The van der Waals surface area contributed by atoms with Crippen LogP contribution in [0.3, 0.4) is 0 Å². The van der Waals surface area contributed by atoms with Gasteiger partial charge in [0.15, 0.2) is 0 Å². The number of nitrogens with zero attached hydrogens (tertiary/aromatic N) is 1. The topological polar surface area (TPSA) is 81.7 Å². The van der Waals surface area contributed by atoms with Crippen LogP contribution in [0, 0.1) is 12.7 Å². The van der Waals surface area contributed by atoms with Crippen LogP contribution >= 0.6 is 11.3 Å².